The first kappa shape index (κ1) is 25.2. The molecule has 0 aliphatic carbocycles. The zero-order valence-electron chi connectivity index (χ0n) is 17.7. The van der Waals surface area contributed by atoms with Gasteiger partial charge in [0.2, 0.25) is 5.91 Å². The number of rotatable bonds is 8. The van der Waals surface area contributed by atoms with Gasteiger partial charge in [-0.15, -0.1) is 35.3 Å². The van der Waals surface area contributed by atoms with E-state index < -0.39 is 0 Å². The number of carbonyl (C=O) groups is 1. The summed E-state index contributed by atoms with van der Waals surface area (Å²) in [6.07, 6.45) is 3.84. The van der Waals surface area contributed by atoms with Crippen LogP contribution in [-0.4, -0.2) is 49.0 Å². The fourth-order valence-electron chi connectivity index (χ4n) is 3.54. The molecule has 1 aliphatic rings. The first-order valence-electron chi connectivity index (χ1n) is 10.5. The van der Waals surface area contributed by atoms with E-state index in [4.69, 9.17) is 4.99 Å². The van der Waals surface area contributed by atoms with Gasteiger partial charge in [0.15, 0.2) is 5.96 Å². The summed E-state index contributed by atoms with van der Waals surface area (Å²) in [5.41, 5.74) is 0. The minimum absolute atomic E-state index is 0. The van der Waals surface area contributed by atoms with Gasteiger partial charge in [-0.3, -0.25) is 9.79 Å². The number of likely N-dealkylation sites (tertiary alicyclic amines) is 1. The Morgan fingerprint density at radius 1 is 1.29 bits per heavy atom. The summed E-state index contributed by atoms with van der Waals surface area (Å²) in [4.78, 5) is 20.8. The zero-order valence-corrected chi connectivity index (χ0v) is 20.9. The predicted octanol–water partition coefficient (Wildman–Crippen LogP) is 4.45. The first-order valence-corrected chi connectivity index (χ1v) is 11.3. The Morgan fingerprint density at radius 3 is 2.50 bits per heavy atom. The molecule has 0 radical (unpaired) electrons. The van der Waals surface area contributed by atoms with Crippen molar-refractivity contribution in [2.24, 2.45) is 10.9 Å². The third kappa shape index (κ3) is 7.54. The zero-order chi connectivity index (χ0) is 19.6. The normalized spacial score (nSPS) is 16.6. The van der Waals surface area contributed by atoms with Crippen LogP contribution in [0.4, 0.5) is 0 Å². The number of nitrogens with zero attached hydrogens (tertiary/aromatic N) is 2. The van der Waals surface area contributed by atoms with E-state index in [1.54, 1.807) is 11.3 Å². The van der Waals surface area contributed by atoms with Crippen LogP contribution in [0.15, 0.2) is 22.5 Å². The Labute approximate surface area is 191 Å². The van der Waals surface area contributed by atoms with Gasteiger partial charge in [0.05, 0.1) is 6.54 Å². The summed E-state index contributed by atoms with van der Waals surface area (Å²) in [5.74, 6) is 1.85. The number of hydrogen-bond donors (Lipinski definition) is 2. The molecule has 2 rings (SSSR count). The number of aliphatic imine (C=N–C) groups is 1. The molecule has 1 saturated heterocycles. The van der Waals surface area contributed by atoms with Crippen LogP contribution in [0.25, 0.3) is 0 Å². The predicted molar refractivity (Wildman–Crippen MR) is 131 cm³/mol. The smallest absolute Gasteiger partial charge is 0.225 e. The van der Waals surface area contributed by atoms with Crippen LogP contribution in [0.1, 0.15) is 64.2 Å². The Balaban J connectivity index is 0.00000392. The molecule has 28 heavy (non-hydrogen) atoms. The fraction of sp³-hybridized carbons (Fsp3) is 0.714. The van der Waals surface area contributed by atoms with Crippen molar-refractivity contribution in [2.75, 3.05) is 26.2 Å². The molecule has 1 unspecified atom stereocenters. The molecule has 0 spiro atoms. The van der Waals surface area contributed by atoms with E-state index in [1.807, 2.05) is 0 Å². The highest BCUT2D eigenvalue weighted by Gasteiger charge is 2.26. The van der Waals surface area contributed by atoms with Gasteiger partial charge in [-0.2, -0.15) is 0 Å². The summed E-state index contributed by atoms with van der Waals surface area (Å²) in [7, 11) is 0. The van der Waals surface area contributed by atoms with Crippen molar-refractivity contribution >= 4 is 47.2 Å². The van der Waals surface area contributed by atoms with Gasteiger partial charge < -0.3 is 15.5 Å². The molecule has 160 valence electrons. The average molecular weight is 521 g/mol. The molecular formula is C21H37IN4OS. The lowest BCUT2D eigenvalue weighted by atomic mass is 9.98. The summed E-state index contributed by atoms with van der Waals surface area (Å²) < 4.78 is 0. The van der Waals surface area contributed by atoms with Crippen LogP contribution < -0.4 is 10.6 Å². The molecule has 7 heteroatoms. The Bertz CT molecular complexity index is 581. The molecule has 1 atom stereocenters. The second-order valence-corrected chi connectivity index (χ2v) is 8.37. The molecule has 2 N–H and O–H groups in total. The highest BCUT2D eigenvalue weighted by atomic mass is 127. The molecule has 0 bridgehead atoms. The maximum atomic E-state index is 12.6. The molecule has 1 fully saturated rings. The minimum atomic E-state index is 0. The Kier molecular flexibility index (Phi) is 12.1. The lowest BCUT2D eigenvalue weighted by molar-refractivity contribution is -0.136. The van der Waals surface area contributed by atoms with Crippen molar-refractivity contribution in [3.05, 3.63) is 22.4 Å². The molecule has 1 aliphatic heterocycles. The van der Waals surface area contributed by atoms with Crippen LogP contribution in [0, 0.1) is 5.92 Å². The molecule has 0 aromatic carbocycles. The number of carbonyl (C=O) groups excluding carboxylic acids is 1. The summed E-state index contributed by atoms with van der Waals surface area (Å²) >= 11 is 1.79. The first-order chi connectivity index (χ1) is 13.1. The molecule has 1 aromatic rings. The van der Waals surface area contributed by atoms with E-state index in [0.29, 0.717) is 17.9 Å². The topological polar surface area (TPSA) is 56.7 Å². The van der Waals surface area contributed by atoms with Crippen LogP contribution in [0.5, 0.6) is 0 Å². The van der Waals surface area contributed by atoms with Gasteiger partial charge in [0.25, 0.3) is 0 Å². The van der Waals surface area contributed by atoms with E-state index >= 15 is 0 Å². The highest BCUT2D eigenvalue weighted by molar-refractivity contribution is 14.0. The summed E-state index contributed by atoms with van der Waals surface area (Å²) in [5, 5.41) is 9.06. The number of halogens is 1. The standard InChI is InChI=1S/C21H36N4OS.HI/c1-5-17(6-2)20(26)25-12-10-18(11-13-25)24-21(22-7-3)23-15-16(4)19-9-8-14-27-19;/h8-9,14,16-18H,5-7,10-13,15H2,1-4H3,(H2,22,23,24);1H. The number of thiophene rings is 1. The van der Waals surface area contributed by atoms with Crippen molar-refractivity contribution < 1.29 is 4.79 Å². The van der Waals surface area contributed by atoms with E-state index in [0.717, 1.165) is 57.8 Å². The van der Waals surface area contributed by atoms with Crippen molar-refractivity contribution in [2.45, 2.75) is 65.3 Å². The minimum Gasteiger partial charge on any atom is -0.357 e. The monoisotopic (exact) mass is 520 g/mol. The van der Waals surface area contributed by atoms with Crippen molar-refractivity contribution in [1.29, 1.82) is 0 Å². The van der Waals surface area contributed by atoms with Gasteiger partial charge in [-0.1, -0.05) is 26.8 Å². The largest absolute Gasteiger partial charge is 0.357 e. The molecule has 1 amide bonds. The summed E-state index contributed by atoms with van der Waals surface area (Å²) in [6.45, 7) is 11.9. The molecule has 0 saturated carbocycles. The van der Waals surface area contributed by atoms with E-state index in [9.17, 15) is 4.79 Å². The van der Waals surface area contributed by atoms with Crippen LogP contribution >= 0.6 is 35.3 Å². The van der Waals surface area contributed by atoms with Crippen LogP contribution in [-0.2, 0) is 4.79 Å². The van der Waals surface area contributed by atoms with Crippen molar-refractivity contribution in [3.8, 4) is 0 Å². The van der Waals surface area contributed by atoms with Gasteiger partial charge >= 0.3 is 0 Å². The third-order valence-electron chi connectivity index (χ3n) is 5.38. The number of guanidine groups is 1. The van der Waals surface area contributed by atoms with Gasteiger partial charge in [0, 0.05) is 42.4 Å². The van der Waals surface area contributed by atoms with Crippen LogP contribution in [0.2, 0.25) is 0 Å². The second kappa shape index (κ2) is 13.4. The van der Waals surface area contributed by atoms with E-state index in [1.165, 1.54) is 4.88 Å². The number of piperidine rings is 1. The second-order valence-electron chi connectivity index (χ2n) is 7.39. The maximum absolute atomic E-state index is 12.6. The molecule has 5 nitrogen and oxygen atoms in total. The van der Waals surface area contributed by atoms with E-state index in [2.05, 4.69) is 60.7 Å². The average Bonchev–Trinajstić information content (AvgIpc) is 3.22. The summed E-state index contributed by atoms with van der Waals surface area (Å²) in [6, 6.07) is 4.66. The van der Waals surface area contributed by atoms with Gasteiger partial charge in [-0.25, -0.2) is 0 Å². The maximum Gasteiger partial charge on any atom is 0.225 e. The number of amides is 1. The van der Waals surface area contributed by atoms with Gasteiger partial charge in [-0.05, 0) is 44.1 Å². The SMILES string of the molecule is CCNC(=NCC(C)c1cccs1)NC1CCN(C(=O)C(CC)CC)CC1.I. The van der Waals surface area contributed by atoms with Crippen molar-refractivity contribution in [3.63, 3.8) is 0 Å². The molecule has 2 heterocycles. The third-order valence-corrected chi connectivity index (χ3v) is 6.48. The fourth-order valence-corrected chi connectivity index (χ4v) is 4.32. The Morgan fingerprint density at radius 2 is 1.96 bits per heavy atom. The van der Waals surface area contributed by atoms with Gasteiger partial charge in [0.1, 0.15) is 0 Å². The number of hydrogen-bond acceptors (Lipinski definition) is 3. The molecule has 1 aromatic heterocycles. The van der Waals surface area contributed by atoms with Crippen molar-refractivity contribution in [1.82, 2.24) is 15.5 Å². The highest BCUT2D eigenvalue weighted by Crippen LogP contribution is 2.21. The Hall–Kier alpha value is -0.830. The molecular weight excluding hydrogens is 483 g/mol. The quantitative estimate of drug-likeness (QED) is 0.303. The number of nitrogens with one attached hydrogen (secondary N) is 2. The lowest BCUT2D eigenvalue weighted by Crippen LogP contribution is -2.50. The van der Waals surface area contributed by atoms with Crippen LogP contribution in [0.3, 0.4) is 0 Å². The van der Waals surface area contributed by atoms with E-state index in [-0.39, 0.29) is 29.9 Å². The lowest BCUT2D eigenvalue weighted by Gasteiger charge is -2.35.